The molecule has 1 unspecified atom stereocenters. The van der Waals surface area contributed by atoms with E-state index in [0.29, 0.717) is 37.1 Å². The van der Waals surface area contributed by atoms with E-state index in [9.17, 15) is 13.2 Å². The fourth-order valence-electron chi connectivity index (χ4n) is 3.41. The van der Waals surface area contributed by atoms with E-state index in [0.717, 1.165) is 23.4 Å². The van der Waals surface area contributed by atoms with Crippen LogP contribution in [0.25, 0.3) is 10.9 Å². The molecule has 0 N–H and O–H groups in total. The fourth-order valence-corrected chi connectivity index (χ4v) is 3.41. The van der Waals surface area contributed by atoms with Crippen LogP contribution in [-0.4, -0.2) is 40.6 Å². The predicted molar refractivity (Wildman–Crippen MR) is 95.7 cm³/mol. The lowest BCUT2D eigenvalue weighted by molar-refractivity contribution is -0.137. The summed E-state index contributed by atoms with van der Waals surface area (Å²) in [5, 5.41) is 5.00. The van der Waals surface area contributed by atoms with Crippen LogP contribution in [0.1, 0.15) is 11.1 Å². The highest BCUT2D eigenvalue weighted by molar-refractivity contribution is 5.92. The third kappa shape index (κ3) is 3.75. The molecule has 1 aromatic carbocycles. The molecule has 142 valence electrons. The SMILES string of the molecule is Cc1cnn(CC2CN(c3ccnc4cc(C(F)(F)F)ccc34)CCO2)c1. The summed E-state index contributed by atoms with van der Waals surface area (Å²) in [7, 11) is 0. The molecule has 1 aliphatic rings. The zero-order valence-corrected chi connectivity index (χ0v) is 14.8. The molecule has 1 saturated heterocycles. The predicted octanol–water partition coefficient (Wildman–Crippen LogP) is 3.66. The van der Waals surface area contributed by atoms with Crippen molar-refractivity contribution in [1.82, 2.24) is 14.8 Å². The van der Waals surface area contributed by atoms with Crippen LogP contribution in [0.2, 0.25) is 0 Å². The van der Waals surface area contributed by atoms with Gasteiger partial charge in [0.2, 0.25) is 0 Å². The highest BCUT2D eigenvalue weighted by Gasteiger charge is 2.31. The van der Waals surface area contributed by atoms with Gasteiger partial charge in [-0.2, -0.15) is 18.3 Å². The molecule has 8 heteroatoms. The first-order valence-electron chi connectivity index (χ1n) is 8.72. The largest absolute Gasteiger partial charge is 0.416 e. The zero-order chi connectivity index (χ0) is 19.0. The van der Waals surface area contributed by atoms with Crippen LogP contribution in [0.15, 0.2) is 42.9 Å². The van der Waals surface area contributed by atoms with E-state index >= 15 is 0 Å². The number of hydrogen-bond acceptors (Lipinski definition) is 4. The van der Waals surface area contributed by atoms with Crippen LogP contribution < -0.4 is 4.90 Å². The van der Waals surface area contributed by atoms with Crippen molar-refractivity contribution in [1.29, 1.82) is 0 Å². The van der Waals surface area contributed by atoms with Crippen LogP contribution >= 0.6 is 0 Å². The van der Waals surface area contributed by atoms with Gasteiger partial charge in [-0.3, -0.25) is 9.67 Å². The molecule has 0 amide bonds. The molecule has 1 atom stereocenters. The highest BCUT2D eigenvalue weighted by atomic mass is 19.4. The van der Waals surface area contributed by atoms with Crippen LogP contribution in [-0.2, 0) is 17.5 Å². The molecule has 3 aromatic rings. The summed E-state index contributed by atoms with van der Waals surface area (Å²) in [5.41, 5.74) is 1.61. The lowest BCUT2D eigenvalue weighted by Crippen LogP contribution is -2.44. The molecule has 1 fully saturated rings. The van der Waals surface area contributed by atoms with E-state index in [1.165, 1.54) is 6.07 Å². The average Bonchev–Trinajstić information content (AvgIpc) is 3.05. The Bertz CT molecular complexity index is 954. The number of halogens is 3. The molecule has 0 aliphatic carbocycles. The second kappa shape index (κ2) is 6.84. The molecule has 1 aliphatic heterocycles. The number of fused-ring (bicyclic) bond motifs is 1. The fraction of sp³-hybridized carbons (Fsp3) is 0.368. The number of aryl methyl sites for hydroxylation is 1. The molecular formula is C19H19F3N4O. The van der Waals surface area contributed by atoms with Gasteiger partial charge in [0.15, 0.2) is 0 Å². The molecule has 0 saturated carbocycles. The summed E-state index contributed by atoms with van der Waals surface area (Å²) in [6, 6.07) is 5.55. The van der Waals surface area contributed by atoms with E-state index < -0.39 is 11.7 Å². The summed E-state index contributed by atoms with van der Waals surface area (Å²) in [5.74, 6) is 0. The van der Waals surface area contributed by atoms with Gasteiger partial charge in [-0.25, -0.2) is 0 Å². The normalized spacial score (nSPS) is 18.2. The Morgan fingerprint density at radius 3 is 2.85 bits per heavy atom. The molecule has 0 radical (unpaired) electrons. The number of pyridine rings is 1. The van der Waals surface area contributed by atoms with Crippen molar-refractivity contribution < 1.29 is 17.9 Å². The first kappa shape index (κ1) is 17.8. The Morgan fingerprint density at radius 1 is 1.26 bits per heavy atom. The first-order chi connectivity index (χ1) is 12.9. The van der Waals surface area contributed by atoms with E-state index in [2.05, 4.69) is 15.0 Å². The van der Waals surface area contributed by atoms with Crippen LogP contribution in [0.4, 0.5) is 18.9 Å². The average molecular weight is 376 g/mol. The Hall–Kier alpha value is -2.61. The maximum atomic E-state index is 13.0. The molecule has 4 rings (SSSR count). The Labute approximate surface area is 154 Å². The summed E-state index contributed by atoms with van der Waals surface area (Å²) in [6.07, 6.45) is 0.894. The summed E-state index contributed by atoms with van der Waals surface area (Å²) >= 11 is 0. The van der Waals surface area contributed by atoms with E-state index in [-0.39, 0.29) is 6.10 Å². The van der Waals surface area contributed by atoms with E-state index in [1.54, 1.807) is 12.4 Å². The molecular weight excluding hydrogens is 357 g/mol. The molecule has 0 bridgehead atoms. The molecule has 3 heterocycles. The van der Waals surface area contributed by atoms with Gasteiger partial charge in [-0.15, -0.1) is 0 Å². The van der Waals surface area contributed by atoms with Gasteiger partial charge in [0.25, 0.3) is 0 Å². The van der Waals surface area contributed by atoms with E-state index in [4.69, 9.17) is 4.74 Å². The molecule has 5 nitrogen and oxygen atoms in total. The summed E-state index contributed by atoms with van der Waals surface area (Å²) in [4.78, 5) is 6.27. The van der Waals surface area contributed by atoms with Crippen molar-refractivity contribution in [3.63, 3.8) is 0 Å². The van der Waals surface area contributed by atoms with Crippen LogP contribution in [0.5, 0.6) is 0 Å². The number of morpholine rings is 1. The first-order valence-corrected chi connectivity index (χ1v) is 8.72. The Balaban J connectivity index is 1.59. The van der Waals surface area contributed by atoms with Gasteiger partial charge in [0.1, 0.15) is 0 Å². The third-order valence-corrected chi connectivity index (χ3v) is 4.68. The quantitative estimate of drug-likeness (QED) is 0.700. The van der Waals surface area contributed by atoms with Crippen molar-refractivity contribution in [2.75, 3.05) is 24.6 Å². The summed E-state index contributed by atoms with van der Waals surface area (Å²) < 4.78 is 46.6. The number of ether oxygens (including phenoxy) is 1. The Morgan fingerprint density at radius 2 is 2.11 bits per heavy atom. The Kier molecular flexibility index (Phi) is 4.51. The zero-order valence-electron chi connectivity index (χ0n) is 14.8. The smallest absolute Gasteiger partial charge is 0.373 e. The summed E-state index contributed by atoms with van der Waals surface area (Å²) in [6.45, 7) is 4.48. The van der Waals surface area contributed by atoms with Crippen molar-refractivity contribution in [3.8, 4) is 0 Å². The number of hydrogen-bond donors (Lipinski definition) is 0. The molecule has 27 heavy (non-hydrogen) atoms. The van der Waals surface area contributed by atoms with Gasteiger partial charge in [0.05, 0.1) is 36.5 Å². The van der Waals surface area contributed by atoms with Crippen molar-refractivity contribution >= 4 is 16.6 Å². The lowest BCUT2D eigenvalue weighted by atomic mass is 10.1. The van der Waals surface area contributed by atoms with Gasteiger partial charge < -0.3 is 9.64 Å². The minimum absolute atomic E-state index is 0.0456. The van der Waals surface area contributed by atoms with Crippen molar-refractivity contribution in [2.24, 2.45) is 0 Å². The monoisotopic (exact) mass is 376 g/mol. The van der Waals surface area contributed by atoms with Gasteiger partial charge in [0, 0.05) is 36.6 Å². The van der Waals surface area contributed by atoms with Crippen LogP contribution in [0, 0.1) is 6.92 Å². The van der Waals surface area contributed by atoms with Crippen molar-refractivity contribution in [3.05, 3.63) is 54.0 Å². The minimum Gasteiger partial charge on any atom is -0.373 e. The second-order valence-electron chi connectivity index (χ2n) is 6.74. The molecule has 2 aromatic heterocycles. The van der Waals surface area contributed by atoms with Crippen LogP contribution in [0.3, 0.4) is 0 Å². The van der Waals surface area contributed by atoms with Gasteiger partial charge in [-0.1, -0.05) is 6.07 Å². The number of alkyl halides is 3. The number of anilines is 1. The maximum Gasteiger partial charge on any atom is 0.416 e. The molecule has 0 spiro atoms. The maximum absolute atomic E-state index is 13.0. The van der Waals surface area contributed by atoms with Gasteiger partial charge in [-0.05, 0) is 30.7 Å². The van der Waals surface area contributed by atoms with Gasteiger partial charge >= 0.3 is 6.18 Å². The number of rotatable bonds is 3. The third-order valence-electron chi connectivity index (χ3n) is 4.68. The highest BCUT2D eigenvalue weighted by Crippen LogP contribution is 2.34. The number of benzene rings is 1. The second-order valence-corrected chi connectivity index (χ2v) is 6.74. The topological polar surface area (TPSA) is 43.2 Å². The standard InChI is InChI=1S/C19H19F3N4O/c1-13-9-24-26(10-13)12-15-11-25(6-7-27-15)18-4-5-23-17-8-14(19(20,21)22)2-3-16(17)18/h2-5,8-10,15H,6-7,11-12H2,1H3. The van der Waals surface area contributed by atoms with E-state index in [1.807, 2.05) is 23.9 Å². The van der Waals surface area contributed by atoms with Crippen molar-refractivity contribution in [2.45, 2.75) is 25.7 Å². The lowest BCUT2D eigenvalue weighted by Gasteiger charge is -2.35. The number of nitrogens with zero attached hydrogens (tertiary/aromatic N) is 4. The number of aromatic nitrogens is 3. The minimum atomic E-state index is -4.38.